The van der Waals surface area contributed by atoms with Gasteiger partial charge in [0.2, 0.25) is 5.95 Å². The van der Waals surface area contributed by atoms with E-state index in [0.29, 0.717) is 23.0 Å². The molecule has 172 valence electrons. The van der Waals surface area contributed by atoms with Crippen LogP contribution >= 0.6 is 0 Å². The highest BCUT2D eigenvalue weighted by atomic mass is 16.5. The lowest BCUT2D eigenvalue weighted by Crippen LogP contribution is -2.36. The predicted octanol–water partition coefficient (Wildman–Crippen LogP) is 3.39. The van der Waals surface area contributed by atoms with Crippen molar-refractivity contribution in [3.05, 3.63) is 46.0 Å². The summed E-state index contributed by atoms with van der Waals surface area (Å²) < 4.78 is 7.12. The molecule has 1 aliphatic carbocycles. The lowest BCUT2D eigenvalue weighted by atomic mass is 10.0. The molecule has 4 heterocycles. The van der Waals surface area contributed by atoms with Crippen LogP contribution in [0.25, 0.3) is 11.0 Å². The van der Waals surface area contributed by atoms with E-state index in [0.717, 1.165) is 63.1 Å². The number of Topliss-reactive ketones (excluding diaryl/α,β-unsaturated/α-hetero) is 1. The van der Waals surface area contributed by atoms with E-state index in [9.17, 15) is 9.59 Å². The van der Waals surface area contributed by atoms with Crippen LogP contribution in [0, 0.1) is 6.92 Å². The van der Waals surface area contributed by atoms with Gasteiger partial charge >= 0.3 is 0 Å². The second-order valence-corrected chi connectivity index (χ2v) is 8.73. The van der Waals surface area contributed by atoms with Gasteiger partial charge in [0.1, 0.15) is 11.5 Å². The Kier molecular flexibility index (Phi) is 5.80. The summed E-state index contributed by atoms with van der Waals surface area (Å²) in [5.41, 5.74) is 2.23. The summed E-state index contributed by atoms with van der Waals surface area (Å²) in [5, 5.41) is 3.89. The van der Waals surface area contributed by atoms with Crippen molar-refractivity contribution in [1.82, 2.24) is 19.5 Å². The van der Waals surface area contributed by atoms with E-state index < -0.39 is 0 Å². The zero-order valence-electron chi connectivity index (χ0n) is 19.0. The molecule has 33 heavy (non-hydrogen) atoms. The van der Waals surface area contributed by atoms with Crippen LogP contribution in [0.1, 0.15) is 54.6 Å². The molecule has 0 amide bonds. The Morgan fingerprint density at radius 3 is 2.55 bits per heavy atom. The van der Waals surface area contributed by atoms with Crippen LogP contribution in [-0.4, -0.2) is 51.6 Å². The molecule has 1 saturated heterocycles. The van der Waals surface area contributed by atoms with Gasteiger partial charge in [0, 0.05) is 30.7 Å². The number of nitrogens with one attached hydrogen (secondary N) is 1. The average Bonchev–Trinajstić information content (AvgIpc) is 3.34. The number of rotatable bonds is 5. The zero-order valence-corrected chi connectivity index (χ0v) is 19.0. The van der Waals surface area contributed by atoms with Gasteiger partial charge in [0.15, 0.2) is 5.78 Å². The number of pyridine rings is 2. The van der Waals surface area contributed by atoms with E-state index in [1.807, 2.05) is 18.3 Å². The first-order valence-electron chi connectivity index (χ1n) is 11.5. The third-order valence-corrected chi connectivity index (χ3v) is 6.61. The summed E-state index contributed by atoms with van der Waals surface area (Å²) in [5.74, 6) is 0.770. The number of morpholine rings is 1. The second kappa shape index (κ2) is 8.90. The van der Waals surface area contributed by atoms with Crippen LogP contribution in [0.2, 0.25) is 0 Å². The third-order valence-electron chi connectivity index (χ3n) is 6.61. The van der Waals surface area contributed by atoms with E-state index in [1.165, 1.54) is 6.92 Å². The maximum atomic E-state index is 13.3. The lowest BCUT2D eigenvalue weighted by Gasteiger charge is -2.28. The molecule has 3 aromatic heterocycles. The fourth-order valence-corrected chi connectivity index (χ4v) is 4.89. The first-order chi connectivity index (χ1) is 16.0. The molecule has 0 bridgehead atoms. The van der Waals surface area contributed by atoms with Gasteiger partial charge in [-0.25, -0.2) is 9.97 Å². The number of aromatic nitrogens is 4. The van der Waals surface area contributed by atoms with Gasteiger partial charge in [-0.15, -0.1) is 0 Å². The third kappa shape index (κ3) is 4.08. The molecule has 3 aromatic rings. The summed E-state index contributed by atoms with van der Waals surface area (Å²) in [6.07, 6.45) is 7.47. The van der Waals surface area contributed by atoms with Crippen LogP contribution in [0.3, 0.4) is 0 Å². The molecule has 0 aromatic carbocycles. The first kappa shape index (κ1) is 21.5. The Hall–Kier alpha value is -3.33. The number of anilines is 3. The molecule has 1 aliphatic heterocycles. The molecule has 0 unspecified atom stereocenters. The quantitative estimate of drug-likeness (QED) is 0.593. The minimum atomic E-state index is -0.253. The van der Waals surface area contributed by atoms with Crippen molar-refractivity contribution >= 4 is 34.3 Å². The van der Waals surface area contributed by atoms with Crippen molar-refractivity contribution in [2.75, 3.05) is 36.5 Å². The molecule has 9 heteroatoms. The highest BCUT2D eigenvalue weighted by Crippen LogP contribution is 2.32. The van der Waals surface area contributed by atoms with Crippen LogP contribution in [-0.2, 0) is 4.74 Å². The molecule has 5 rings (SSSR count). The van der Waals surface area contributed by atoms with Gasteiger partial charge in [-0.3, -0.25) is 14.2 Å². The fraction of sp³-hybridized carbons (Fsp3) is 0.458. The van der Waals surface area contributed by atoms with Gasteiger partial charge in [-0.2, -0.15) is 4.98 Å². The summed E-state index contributed by atoms with van der Waals surface area (Å²) in [6, 6.07) is 3.96. The molecule has 2 aliphatic rings. The zero-order chi connectivity index (χ0) is 22.9. The average molecular weight is 449 g/mol. The van der Waals surface area contributed by atoms with Crippen LogP contribution in [0.4, 0.5) is 17.5 Å². The number of ether oxygens (including phenoxy) is 1. The molecule has 0 radical (unpaired) electrons. The Morgan fingerprint density at radius 1 is 1.12 bits per heavy atom. The number of fused-ring (bicyclic) bond motifs is 1. The smallest absolute Gasteiger partial charge is 0.263 e. The van der Waals surface area contributed by atoms with Crippen molar-refractivity contribution in [2.24, 2.45) is 0 Å². The van der Waals surface area contributed by atoms with Gasteiger partial charge in [-0.1, -0.05) is 12.8 Å². The molecule has 2 fully saturated rings. The standard InChI is InChI=1S/C24H28N6O3/c1-15-19-14-26-24(27-20-8-7-18(13-25-20)29-9-11-33-12-10-29)28-22(19)30(17-5-3-4-6-17)23(32)21(15)16(2)31/h7-8,13-14,17H,3-6,9-12H2,1-2H3,(H,25,26,27,28). The summed E-state index contributed by atoms with van der Waals surface area (Å²) in [4.78, 5) is 41.5. The van der Waals surface area contributed by atoms with Crippen LogP contribution < -0.4 is 15.8 Å². The van der Waals surface area contributed by atoms with Crippen molar-refractivity contribution in [3.63, 3.8) is 0 Å². The van der Waals surface area contributed by atoms with Gasteiger partial charge < -0.3 is 15.0 Å². The summed E-state index contributed by atoms with van der Waals surface area (Å²) in [7, 11) is 0. The number of hydrogen-bond donors (Lipinski definition) is 1. The Balaban J connectivity index is 1.51. The van der Waals surface area contributed by atoms with Gasteiger partial charge in [-0.05, 0) is 44.4 Å². The minimum Gasteiger partial charge on any atom is -0.378 e. The highest BCUT2D eigenvalue weighted by Gasteiger charge is 2.25. The Labute approximate surface area is 191 Å². The van der Waals surface area contributed by atoms with Crippen LogP contribution in [0.15, 0.2) is 29.3 Å². The van der Waals surface area contributed by atoms with E-state index in [1.54, 1.807) is 17.7 Å². The minimum absolute atomic E-state index is 0.0485. The monoisotopic (exact) mass is 448 g/mol. The van der Waals surface area contributed by atoms with E-state index in [-0.39, 0.29) is 22.9 Å². The molecule has 0 atom stereocenters. The second-order valence-electron chi connectivity index (χ2n) is 8.73. The topological polar surface area (TPSA) is 102 Å². The normalized spacial score (nSPS) is 17.0. The van der Waals surface area contributed by atoms with Crippen molar-refractivity contribution in [2.45, 2.75) is 45.6 Å². The fourth-order valence-electron chi connectivity index (χ4n) is 4.89. The molecular weight excluding hydrogens is 420 g/mol. The molecule has 9 nitrogen and oxygen atoms in total. The summed E-state index contributed by atoms with van der Waals surface area (Å²) >= 11 is 0. The van der Waals surface area contributed by atoms with Crippen molar-refractivity contribution in [1.29, 1.82) is 0 Å². The largest absolute Gasteiger partial charge is 0.378 e. The molecule has 1 saturated carbocycles. The van der Waals surface area contributed by atoms with E-state index in [4.69, 9.17) is 9.72 Å². The number of hydrogen-bond acceptors (Lipinski definition) is 8. The Morgan fingerprint density at radius 2 is 1.88 bits per heavy atom. The lowest BCUT2D eigenvalue weighted by molar-refractivity contribution is 0.101. The number of carbonyl (C=O) groups is 1. The van der Waals surface area contributed by atoms with Crippen LogP contribution in [0.5, 0.6) is 0 Å². The SMILES string of the molecule is CC(=O)c1c(C)c2cnc(Nc3ccc(N4CCOCC4)cn3)nc2n(C2CCCC2)c1=O. The molecule has 1 N–H and O–H groups in total. The maximum absolute atomic E-state index is 13.3. The van der Waals surface area contributed by atoms with Crippen molar-refractivity contribution in [3.8, 4) is 0 Å². The first-order valence-corrected chi connectivity index (χ1v) is 11.5. The number of nitrogens with zero attached hydrogens (tertiary/aromatic N) is 5. The number of aryl methyl sites for hydroxylation is 1. The van der Waals surface area contributed by atoms with Crippen molar-refractivity contribution < 1.29 is 9.53 Å². The molecular formula is C24H28N6O3. The highest BCUT2D eigenvalue weighted by molar-refractivity contribution is 5.99. The number of carbonyl (C=O) groups excluding carboxylic acids is 1. The number of ketones is 1. The van der Waals surface area contributed by atoms with Gasteiger partial charge in [0.05, 0.1) is 30.7 Å². The maximum Gasteiger partial charge on any atom is 0.263 e. The van der Waals surface area contributed by atoms with E-state index >= 15 is 0 Å². The Bertz CT molecular complexity index is 1240. The van der Waals surface area contributed by atoms with Gasteiger partial charge in [0.25, 0.3) is 5.56 Å². The summed E-state index contributed by atoms with van der Waals surface area (Å²) in [6.45, 7) is 6.38. The predicted molar refractivity (Wildman–Crippen MR) is 127 cm³/mol. The van der Waals surface area contributed by atoms with E-state index in [2.05, 4.69) is 20.2 Å². The molecule has 0 spiro atoms.